The monoisotopic (exact) mass is 254 g/mol. The van der Waals surface area contributed by atoms with Gasteiger partial charge in [-0.3, -0.25) is 0 Å². The Bertz CT molecular complexity index is 218. The van der Waals surface area contributed by atoms with Gasteiger partial charge in [0.15, 0.2) is 0 Å². The van der Waals surface area contributed by atoms with E-state index < -0.39 is 0 Å². The first-order valence-corrected chi connectivity index (χ1v) is 7.04. The molecule has 106 valence electrons. The lowest BCUT2D eigenvalue weighted by molar-refractivity contribution is 0.239. The molecule has 0 radical (unpaired) electrons. The molecule has 0 saturated heterocycles. The molecule has 0 amide bonds. The lowest BCUT2D eigenvalue weighted by Gasteiger charge is -2.25. The molecule has 4 nitrogen and oxygen atoms in total. The Hall–Kier alpha value is -0.740. The molecule has 1 aliphatic rings. The molecule has 18 heavy (non-hydrogen) atoms. The third-order valence-electron chi connectivity index (χ3n) is 3.54. The highest BCUT2D eigenvalue weighted by Gasteiger charge is 2.04. The molecule has 0 N–H and O–H groups in total. The summed E-state index contributed by atoms with van der Waals surface area (Å²) in [6.45, 7) is 6.97. The van der Waals surface area contributed by atoms with Gasteiger partial charge in [-0.15, -0.1) is 0 Å². The van der Waals surface area contributed by atoms with Gasteiger partial charge >= 0.3 is 0 Å². The highest BCUT2D eigenvalue weighted by molar-refractivity contribution is 4.80. The maximum absolute atomic E-state index is 2.44. The van der Waals surface area contributed by atoms with Crippen molar-refractivity contribution < 1.29 is 0 Å². The summed E-state index contributed by atoms with van der Waals surface area (Å²) in [5, 5.41) is 0. The number of rotatable bonds is 0. The summed E-state index contributed by atoms with van der Waals surface area (Å²) in [5.74, 6) is 0. The van der Waals surface area contributed by atoms with Gasteiger partial charge in [-0.1, -0.05) is 0 Å². The standard InChI is InChI=1S/C14H30N4/c1-15-7-5-8-17(3)13-14-18(4)10-6-9-16(2)12-11-15/h11-12H,5-10,13-14H2,1-4H3. The predicted octanol–water partition coefficient (Wildman–Crippen LogP) is 0.979. The Morgan fingerprint density at radius 3 is 1.33 bits per heavy atom. The van der Waals surface area contributed by atoms with E-state index in [4.69, 9.17) is 0 Å². The lowest BCUT2D eigenvalue weighted by Crippen LogP contribution is -2.33. The Balaban J connectivity index is 2.46. The minimum Gasteiger partial charge on any atom is -0.379 e. The van der Waals surface area contributed by atoms with Gasteiger partial charge in [0.05, 0.1) is 0 Å². The molecule has 0 atom stereocenters. The summed E-state index contributed by atoms with van der Waals surface area (Å²) >= 11 is 0. The highest BCUT2D eigenvalue weighted by Crippen LogP contribution is 1.98. The van der Waals surface area contributed by atoms with Crippen LogP contribution in [0.2, 0.25) is 0 Å². The molecule has 1 rings (SSSR count). The summed E-state index contributed by atoms with van der Waals surface area (Å²) in [7, 11) is 8.76. The Kier molecular flexibility index (Phi) is 7.13. The fourth-order valence-corrected chi connectivity index (χ4v) is 2.12. The molecule has 4 heteroatoms. The molecular weight excluding hydrogens is 224 g/mol. The van der Waals surface area contributed by atoms with Crippen molar-refractivity contribution in [3.05, 3.63) is 12.4 Å². The smallest absolute Gasteiger partial charge is 0.0181 e. The van der Waals surface area contributed by atoms with E-state index in [0.29, 0.717) is 0 Å². The number of hydrogen-bond acceptors (Lipinski definition) is 4. The molecular formula is C14H30N4. The molecule has 0 aromatic carbocycles. The van der Waals surface area contributed by atoms with E-state index >= 15 is 0 Å². The molecule has 0 unspecified atom stereocenters. The van der Waals surface area contributed by atoms with Gasteiger partial charge in [0.25, 0.3) is 0 Å². The van der Waals surface area contributed by atoms with Crippen LogP contribution in [-0.2, 0) is 0 Å². The topological polar surface area (TPSA) is 13.0 Å². The zero-order valence-electron chi connectivity index (χ0n) is 12.6. The van der Waals surface area contributed by atoms with E-state index in [1.54, 1.807) is 0 Å². The second-order valence-corrected chi connectivity index (χ2v) is 5.57. The average molecular weight is 254 g/mol. The summed E-state index contributed by atoms with van der Waals surface area (Å²) in [6.07, 6.45) is 6.83. The normalized spacial score (nSPS) is 23.1. The van der Waals surface area contributed by atoms with Crippen LogP contribution >= 0.6 is 0 Å². The molecule has 0 aliphatic carbocycles. The fourth-order valence-electron chi connectivity index (χ4n) is 2.12. The predicted molar refractivity (Wildman–Crippen MR) is 78.6 cm³/mol. The van der Waals surface area contributed by atoms with Crippen molar-refractivity contribution in [2.75, 3.05) is 67.5 Å². The minimum atomic E-state index is 1.13. The van der Waals surface area contributed by atoms with Crippen LogP contribution in [0.5, 0.6) is 0 Å². The van der Waals surface area contributed by atoms with Gasteiger partial charge in [0, 0.05) is 52.7 Å². The van der Waals surface area contributed by atoms with Crippen LogP contribution in [0, 0.1) is 0 Å². The molecule has 0 saturated carbocycles. The first-order valence-electron chi connectivity index (χ1n) is 7.04. The third kappa shape index (κ3) is 6.87. The van der Waals surface area contributed by atoms with Crippen LogP contribution in [0.3, 0.4) is 0 Å². The lowest BCUT2D eigenvalue weighted by atomic mass is 10.3. The van der Waals surface area contributed by atoms with Gasteiger partial charge in [-0.05, 0) is 40.0 Å². The molecule has 1 heterocycles. The Morgan fingerprint density at radius 2 is 0.944 bits per heavy atom. The van der Waals surface area contributed by atoms with Crippen molar-refractivity contribution >= 4 is 0 Å². The minimum absolute atomic E-state index is 1.13. The number of likely N-dealkylation sites (N-methyl/N-ethyl adjacent to an activating group) is 2. The van der Waals surface area contributed by atoms with Gasteiger partial charge in [0.1, 0.15) is 0 Å². The van der Waals surface area contributed by atoms with Crippen molar-refractivity contribution in [3.8, 4) is 0 Å². The summed E-state index contributed by atoms with van der Waals surface area (Å²) < 4.78 is 0. The molecule has 0 aromatic rings. The Labute approximate surface area is 113 Å². The fraction of sp³-hybridized carbons (Fsp3) is 0.857. The van der Waals surface area contributed by atoms with Crippen LogP contribution in [0.1, 0.15) is 12.8 Å². The first-order chi connectivity index (χ1) is 8.58. The van der Waals surface area contributed by atoms with Crippen LogP contribution in [-0.4, -0.2) is 87.1 Å². The van der Waals surface area contributed by atoms with Gasteiger partial charge < -0.3 is 19.6 Å². The van der Waals surface area contributed by atoms with E-state index in [1.165, 1.54) is 39.0 Å². The third-order valence-corrected chi connectivity index (χ3v) is 3.54. The maximum atomic E-state index is 2.44. The molecule has 0 aromatic heterocycles. The van der Waals surface area contributed by atoms with Crippen LogP contribution < -0.4 is 0 Å². The van der Waals surface area contributed by atoms with Crippen molar-refractivity contribution in [1.29, 1.82) is 0 Å². The van der Waals surface area contributed by atoms with E-state index in [1.807, 2.05) is 0 Å². The molecule has 0 bridgehead atoms. The maximum Gasteiger partial charge on any atom is 0.0181 e. The second-order valence-electron chi connectivity index (χ2n) is 5.57. The quantitative estimate of drug-likeness (QED) is 0.639. The summed E-state index contributed by atoms with van der Waals surface area (Å²) in [5.41, 5.74) is 0. The molecule has 1 aliphatic heterocycles. The highest BCUT2D eigenvalue weighted by atomic mass is 15.2. The number of hydrogen-bond donors (Lipinski definition) is 0. The summed E-state index contributed by atoms with van der Waals surface area (Å²) in [4.78, 5) is 9.43. The average Bonchev–Trinajstić information content (AvgIpc) is 2.33. The Morgan fingerprint density at radius 1 is 0.556 bits per heavy atom. The second kappa shape index (κ2) is 8.38. The van der Waals surface area contributed by atoms with E-state index in [0.717, 1.165) is 13.1 Å². The zero-order chi connectivity index (χ0) is 13.4. The van der Waals surface area contributed by atoms with E-state index in [-0.39, 0.29) is 0 Å². The van der Waals surface area contributed by atoms with Crippen molar-refractivity contribution in [3.63, 3.8) is 0 Å². The molecule has 0 spiro atoms. The van der Waals surface area contributed by atoms with E-state index in [9.17, 15) is 0 Å². The van der Waals surface area contributed by atoms with Gasteiger partial charge in [-0.25, -0.2) is 0 Å². The summed E-state index contributed by atoms with van der Waals surface area (Å²) in [6, 6.07) is 0. The van der Waals surface area contributed by atoms with Crippen LogP contribution in [0.15, 0.2) is 12.4 Å². The first kappa shape index (κ1) is 15.3. The SMILES string of the molecule is CN1C=CN(C)CCCN(C)CCN(C)CCC1. The van der Waals surface area contributed by atoms with Crippen molar-refractivity contribution in [2.24, 2.45) is 0 Å². The molecule has 0 fully saturated rings. The van der Waals surface area contributed by atoms with Crippen LogP contribution in [0.25, 0.3) is 0 Å². The largest absolute Gasteiger partial charge is 0.379 e. The van der Waals surface area contributed by atoms with Crippen LogP contribution in [0.4, 0.5) is 0 Å². The number of nitrogens with zero attached hydrogens (tertiary/aromatic N) is 4. The van der Waals surface area contributed by atoms with Gasteiger partial charge in [-0.2, -0.15) is 0 Å². The van der Waals surface area contributed by atoms with Crippen molar-refractivity contribution in [2.45, 2.75) is 12.8 Å². The van der Waals surface area contributed by atoms with Gasteiger partial charge in [0.2, 0.25) is 0 Å². The zero-order valence-corrected chi connectivity index (χ0v) is 12.6. The van der Waals surface area contributed by atoms with Crippen molar-refractivity contribution in [1.82, 2.24) is 19.6 Å². The van der Waals surface area contributed by atoms with E-state index in [2.05, 4.69) is 60.2 Å².